The summed E-state index contributed by atoms with van der Waals surface area (Å²) in [6.07, 6.45) is 1.82. The summed E-state index contributed by atoms with van der Waals surface area (Å²) in [6.45, 7) is 3.52. The van der Waals surface area contributed by atoms with Crippen LogP contribution in [-0.2, 0) is 18.2 Å². The van der Waals surface area contributed by atoms with Crippen molar-refractivity contribution in [3.8, 4) is 0 Å². The molecule has 1 fully saturated rings. The van der Waals surface area contributed by atoms with Crippen molar-refractivity contribution in [3.05, 3.63) is 16.4 Å². The van der Waals surface area contributed by atoms with Crippen molar-refractivity contribution in [1.29, 1.82) is 0 Å². The number of hydrogen-bond donors (Lipinski definition) is 1. The molecule has 4 nitrogen and oxygen atoms in total. The minimum absolute atomic E-state index is 0.106. The highest BCUT2D eigenvalue weighted by Gasteiger charge is 2.25. The van der Waals surface area contributed by atoms with Gasteiger partial charge in [-0.3, -0.25) is 4.68 Å². The van der Waals surface area contributed by atoms with Gasteiger partial charge < -0.3 is 10.5 Å². The number of rotatable bonds is 3. The van der Waals surface area contributed by atoms with Crippen molar-refractivity contribution < 1.29 is 4.74 Å². The molecule has 5 heteroatoms. The summed E-state index contributed by atoms with van der Waals surface area (Å²) in [4.78, 5) is 0. The Kier molecular flexibility index (Phi) is 3.52. The highest BCUT2D eigenvalue weighted by Crippen LogP contribution is 2.24. The number of aryl methyl sites for hydroxylation is 2. The van der Waals surface area contributed by atoms with E-state index in [1.165, 1.54) is 0 Å². The SMILES string of the molecule is Cc1nn(C)c(CC(N)C2CCOC2)c1Cl. The standard InChI is InChI=1S/C11H18ClN3O/c1-7-11(12)10(15(2)14-7)5-9(13)8-3-4-16-6-8/h8-9H,3-6,13H2,1-2H3. The molecule has 2 atom stereocenters. The van der Waals surface area contributed by atoms with Crippen LogP contribution in [0.25, 0.3) is 0 Å². The van der Waals surface area contributed by atoms with E-state index < -0.39 is 0 Å². The molecule has 1 aliphatic rings. The fourth-order valence-electron chi connectivity index (χ4n) is 2.18. The van der Waals surface area contributed by atoms with Crippen LogP contribution in [0.1, 0.15) is 17.8 Å². The fourth-order valence-corrected chi connectivity index (χ4v) is 2.42. The molecule has 0 bridgehead atoms. The maximum atomic E-state index is 6.19. The van der Waals surface area contributed by atoms with E-state index in [-0.39, 0.29) is 6.04 Å². The van der Waals surface area contributed by atoms with E-state index >= 15 is 0 Å². The van der Waals surface area contributed by atoms with Crippen LogP contribution in [0.4, 0.5) is 0 Å². The maximum Gasteiger partial charge on any atom is 0.0847 e. The first-order valence-corrected chi connectivity index (χ1v) is 5.98. The molecule has 1 aromatic rings. The Morgan fingerprint density at radius 3 is 2.94 bits per heavy atom. The summed E-state index contributed by atoms with van der Waals surface area (Å²) in [5.41, 5.74) is 8.07. The number of halogens is 1. The van der Waals surface area contributed by atoms with Crippen molar-refractivity contribution in [2.75, 3.05) is 13.2 Å². The molecule has 90 valence electrons. The van der Waals surface area contributed by atoms with Gasteiger partial charge in [-0.1, -0.05) is 11.6 Å². The molecule has 1 aliphatic heterocycles. The van der Waals surface area contributed by atoms with E-state index in [0.717, 1.165) is 42.5 Å². The summed E-state index contributed by atoms with van der Waals surface area (Å²) >= 11 is 6.19. The Labute approximate surface area is 101 Å². The Hall–Kier alpha value is -0.580. The molecule has 0 saturated carbocycles. The predicted molar refractivity (Wildman–Crippen MR) is 63.6 cm³/mol. The highest BCUT2D eigenvalue weighted by atomic mass is 35.5. The second-order valence-corrected chi connectivity index (χ2v) is 4.84. The lowest BCUT2D eigenvalue weighted by molar-refractivity contribution is 0.180. The maximum absolute atomic E-state index is 6.19. The average molecular weight is 244 g/mol. The van der Waals surface area contributed by atoms with E-state index in [1.54, 1.807) is 0 Å². The van der Waals surface area contributed by atoms with Gasteiger partial charge in [0.15, 0.2) is 0 Å². The monoisotopic (exact) mass is 243 g/mol. The zero-order valence-electron chi connectivity index (χ0n) is 9.74. The number of nitrogens with two attached hydrogens (primary N) is 1. The van der Waals surface area contributed by atoms with Crippen LogP contribution < -0.4 is 5.73 Å². The van der Waals surface area contributed by atoms with Crippen LogP contribution in [0.15, 0.2) is 0 Å². The highest BCUT2D eigenvalue weighted by molar-refractivity contribution is 6.31. The molecule has 0 aliphatic carbocycles. The second-order valence-electron chi connectivity index (χ2n) is 4.46. The number of hydrogen-bond acceptors (Lipinski definition) is 3. The lowest BCUT2D eigenvalue weighted by atomic mass is 9.96. The minimum Gasteiger partial charge on any atom is -0.381 e. The van der Waals surface area contributed by atoms with Gasteiger partial charge in [-0.15, -0.1) is 0 Å². The van der Waals surface area contributed by atoms with Crippen LogP contribution in [0.2, 0.25) is 5.02 Å². The normalized spacial score (nSPS) is 22.6. The number of aromatic nitrogens is 2. The lowest BCUT2D eigenvalue weighted by Crippen LogP contribution is -2.33. The average Bonchev–Trinajstić information content (AvgIpc) is 2.83. The van der Waals surface area contributed by atoms with Crippen LogP contribution in [-0.4, -0.2) is 29.0 Å². The third-order valence-corrected chi connectivity index (χ3v) is 3.75. The van der Waals surface area contributed by atoms with Crippen LogP contribution in [0, 0.1) is 12.8 Å². The molecule has 2 unspecified atom stereocenters. The van der Waals surface area contributed by atoms with E-state index in [1.807, 2.05) is 18.7 Å². The Morgan fingerprint density at radius 1 is 1.69 bits per heavy atom. The molecule has 2 N–H and O–H groups in total. The van der Waals surface area contributed by atoms with Crippen molar-refractivity contribution in [1.82, 2.24) is 9.78 Å². The van der Waals surface area contributed by atoms with Gasteiger partial charge in [0.05, 0.1) is 23.0 Å². The summed E-state index contributed by atoms with van der Waals surface area (Å²) in [5.74, 6) is 0.450. The van der Waals surface area contributed by atoms with Gasteiger partial charge in [-0.05, 0) is 19.3 Å². The van der Waals surface area contributed by atoms with Crippen molar-refractivity contribution in [3.63, 3.8) is 0 Å². The van der Waals surface area contributed by atoms with Crippen LogP contribution in [0.5, 0.6) is 0 Å². The lowest BCUT2D eigenvalue weighted by Gasteiger charge is -2.17. The first-order chi connectivity index (χ1) is 7.59. The van der Waals surface area contributed by atoms with E-state index in [2.05, 4.69) is 5.10 Å². The second kappa shape index (κ2) is 4.73. The molecular weight excluding hydrogens is 226 g/mol. The smallest absolute Gasteiger partial charge is 0.0847 e. The molecular formula is C11H18ClN3O. The van der Waals surface area contributed by atoms with Gasteiger partial charge in [0.1, 0.15) is 0 Å². The molecule has 0 radical (unpaired) electrons. The summed E-state index contributed by atoms with van der Waals surface area (Å²) in [5, 5.41) is 5.04. The largest absolute Gasteiger partial charge is 0.381 e. The van der Waals surface area contributed by atoms with E-state index in [0.29, 0.717) is 5.92 Å². The zero-order valence-corrected chi connectivity index (χ0v) is 10.5. The van der Waals surface area contributed by atoms with Crippen LogP contribution in [0.3, 0.4) is 0 Å². The molecule has 0 aromatic carbocycles. The first kappa shape index (κ1) is 11.9. The molecule has 0 spiro atoms. The molecule has 2 heterocycles. The van der Waals surface area contributed by atoms with Gasteiger partial charge in [-0.2, -0.15) is 5.10 Å². The summed E-state index contributed by atoms with van der Waals surface area (Å²) in [6, 6.07) is 0.106. The van der Waals surface area contributed by atoms with Gasteiger partial charge >= 0.3 is 0 Å². The molecule has 1 saturated heterocycles. The van der Waals surface area contributed by atoms with Crippen LogP contribution >= 0.6 is 11.6 Å². The molecule has 0 amide bonds. The molecule has 16 heavy (non-hydrogen) atoms. The minimum atomic E-state index is 0.106. The van der Waals surface area contributed by atoms with Crippen molar-refractivity contribution in [2.45, 2.75) is 25.8 Å². The topological polar surface area (TPSA) is 53.1 Å². The van der Waals surface area contributed by atoms with Gasteiger partial charge in [0.25, 0.3) is 0 Å². The third kappa shape index (κ3) is 2.24. The van der Waals surface area contributed by atoms with Gasteiger partial charge in [0, 0.05) is 26.1 Å². The molecule has 2 rings (SSSR count). The predicted octanol–water partition coefficient (Wildman–Crippen LogP) is 1.29. The van der Waals surface area contributed by atoms with E-state index in [4.69, 9.17) is 22.1 Å². The zero-order chi connectivity index (χ0) is 11.7. The van der Waals surface area contributed by atoms with E-state index in [9.17, 15) is 0 Å². The first-order valence-electron chi connectivity index (χ1n) is 5.61. The third-order valence-electron chi connectivity index (χ3n) is 3.26. The van der Waals surface area contributed by atoms with Gasteiger partial charge in [0.2, 0.25) is 0 Å². The van der Waals surface area contributed by atoms with Gasteiger partial charge in [-0.25, -0.2) is 0 Å². The Morgan fingerprint density at radius 2 is 2.44 bits per heavy atom. The Balaban J connectivity index is 2.07. The summed E-state index contributed by atoms with van der Waals surface area (Å²) in [7, 11) is 1.91. The molecule has 1 aromatic heterocycles. The number of nitrogens with zero attached hydrogens (tertiary/aromatic N) is 2. The Bertz CT molecular complexity index is 372. The fraction of sp³-hybridized carbons (Fsp3) is 0.727. The van der Waals surface area contributed by atoms with Crippen molar-refractivity contribution >= 4 is 11.6 Å². The van der Waals surface area contributed by atoms with Crippen molar-refractivity contribution in [2.24, 2.45) is 18.7 Å². The summed E-state index contributed by atoms with van der Waals surface area (Å²) < 4.78 is 7.17. The quantitative estimate of drug-likeness (QED) is 0.871. The number of ether oxygens (including phenoxy) is 1.